The molecule has 0 fully saturated rings. The molecule has 0 aliphatic rings. The lowest BCUT2D eigenvalue weighted by molar-refractivity contribution is -0.137. The highest BCUT2D eigenvalue weighted by atomic mass is 19.4. The largest absolute Gasteiger partial charge is 0.503 e. The molecule has 0 saturated carbocycles. The van der Waals surface area contributed by atoms with Crippen molar-refractivity contribution < 1.29 is 22.7 Å². The van der Waals surface area contributed by atoms with Gasteiger partial charge in [0.1, 0.15) is 5.82 Å². The van der Waals surface area contributed by atoms with Crippen molar-refractivity contribution in [2.45, 2.75) is 6.18 Å². The maximum absolute atomic E-state index is 14.2. The number of anilines is 1. The highest BCUT2D eigenvalue weighted by Crippen LogP contribution is 2.36. The summed E-state index contributed by atoms with van der Waals surface area (Å²) in [6.07, 6.45) is -2.04. The molecule has 1 aromatic heterocycles. The molecule has 0 bridgehead atoms. The fourth-order valence-corrected chi connectivity index (χ4v) is 2.50. The van der Waals surface area contributed by atoms with Crippen molar-refractivity contribution in [1.29, 1.82) is 0 Å². The molecule has 0 amide bonds. The van der Waals surface area contributed by atoms with E-state index in [2.05, 4.69) is 0 Å². The molecule has 0 unspecified atom stereocenters. The molecule has 8 heteroatoms. The van der Waals surface area contributed by atoms with E-state index in [1.54, 1.807) is 0 Å². The number of benzene rings is 2. The summed E-state index contributed by atoms with van der Waals surface area (Å²) in [5, 5.41) is 9.52. The molecule has 3 rings (SSSR count). The third kappa shape index (κ3) is 3.26. The van der Waals surface area contributed by atoms with Crippen molar-refractivity contribution >= 4 is 5.69 Å². The molecule has 2 aromatic carbocycles. The van der Waals surface area contributed by atoms with Crippen molar-refractivity contribution in [2.24, 2.45) is 0 Å². The average molecular weight is 364 g/mol. The highest BCUT2D eigenvalue weighted by molar-refractivity contribution is 5.78. The number of hydrogen-bond acceptors (Lipinski definition) is 3. The van der Waals surface area contributed by atoms with Crippen LogP contribution in [0.4, 0.5) is 23.2 Å². The number of aromatic nitrogens is 1. The number of halogens is 4. The number of nitrogens with zero attached hydrogens (tertiary/aromatic N) is 1. The van der Waals surface area contributed by atoms with E-state index < -0.39 is 28.7 Å². The van der Waals surface area contributed by atoms with Gasteiger partial charge in [0.15, 0.2) is 5.75 Å². The minimum absolute atomic E-state index is 0.00749. The number of hydrogen-bond donors (Lipinski definition) is 2. The van der Waals surface area contributed by atoms with Gasteiger partial charge in [-0.3, -0.25) is 4.79 Å². The molecule has 0 saturated heterocycles. The highest BCUT2D eigenvalue weighted by Gasteiger charge is 2.31. The zero-order valence-corrected chi connectivity index (χ0v) is 13.1. The van der Waals surface area contributed by atoms with Crippen molar-refractivity contribution in [3.05, 3.63) is 76.5 Å². The third-order valence-electron chi connectivity index (χ3n) is 3.82. The lowest BCUT2D eigenvalue weighted by Gasteiger charge is -2.13. The van der Waals surface area contributed by atoms with E-state index in [0.717, 1.165) is 36.5 Å². The standard InChI is InChI=1S/C18H12F4N2O2/c19-14-4-2-11(24-6-5-16(25)17(26)9-24)8-13(14)12-3-1-10(7-15(12)23)18(20,21)22/h1-9,26H,23H2. The first-order valence-electron chi connectivity index (χ1n) is 7.35. The van der Waals surface area contributed by atoms with E-state index in [4.69, 9.17) is 5.73 Å². The van der Waals surface area contributed by atoms with Crippen LogP contribution in [0.1, 0.15) is 5.56 Å². The molecule has 3 N–H and O–H groups in total. The number of pyridine rings is 1. The summed E-state index contributed by atoms with van der Waals surface area (Å²) in [4.78, 5) is 11.3. The monoisotopic (exact) mass is 364 g/mol. The Hall–Kier alpha value is -3.29. The molecule has 0 radical (unpaired) electrons. The molecule has 26 heavy (non-hydrogen) atoms. The second-order valence-electron chi connectivity index (χ2n) is 5.57. The minimum atomic E-state index is -4.56. The van der Waals surface area contributed by atoms with E-state index in [9.17, 15) is 27.5 Å². The van der Waals surface area contributed by atoms with Gasteiger partial charge >= 0.3 is 6.18 Å². The molecular formula is C18H12F4N2O2. The van der Waals surface area contributed by atoms with Gasteiger partial charge in [-0.15, -0.1) is 0 Å². The first-order chi connectivity index (χ1) is 12.2. The normalized spacial score (nSPS) is 11.5. The van der Waals surface area contributed by atoms with Gasteiger partial charge in [0.05, 0.1) is 11.8 Å². The number of nitrogen functional groups attached to an aromatic ring is 1. The number of aromatic hydroxyl groups is 1. The van der Waals surface area contributed by atoms with Crippen LogP contribution in [0.2, 0.25) is 0 Å². The van der Waals surface area contributed by atoms with Gasteiger partial charge in [-0.2, -0.15) is 13.2 Å². The van der Waals surface area contributed by atoms with Gasteiger partial charge in [-0.25, -0.2) is 4.39 Å². The van der Waals surface area contributed by atoms with E-state index in [1.165, 1.54) is 22.9 Å². The summed E-state index contributed by atoms with van der Waals surface area (Å²) in [6, 6.07) is 7.67. The first-order valence-corrected chi connectivity index (χ1v) is 7.35. The lowest BCUT2D eigenvalue weighted by Crippen LogP contribution is -2.06. The van der Waals surface area contributed by atoms with Gasteiger partial charge in [-0.1, -0.05) is 6.07 Å². The van der Waals surface area contributed by atoms with E-state index in [-0.39, 0.29) is 16.8 Å². The number of nitrogens with two attached hydrogens (primary N) is 1. The van der Waals surface area contributed by atoms with Crippen molar-refractivity contribution in [3.8, 4) is 22.6 Å². The van der Waals surface area contributed by atoms with Crippen molar-refractivity contribution in [1.82, 2.24) is 4.57 Å². The third-order valence-corrected chi connectivity index (χ3v) is 3.82. The molecule has 134 valence electrons. The van der Waals surface area contributed by atoms with E-state index in [0.29, 0.717) is 5.69 Å². The molecule has 4 nitrogen and oxygen atoms in total. The van der Waals surface area contributed by atoms with Crippen LogP contribution in [0.15, 0.2) is 59.7 Å². The number of alkyl halides is 3. The Morgan fingerprint density at radius 2 is 1.73 bits per heavy atom. The smallest absolute Gasteiger partial charge is 0.416 e. The van der Waals surface area contributed by atoms with Crippen LogP contribution in [-0.4, -0.2) is 9.67 Å². The molecule has 3 aromatic rings. The van der Waals surface area contributed by atoms with Crippen molar-refractivity contribution in [3.63, 3.8) is 0 Å². The molecule has 0 aliphatic heterocycles. The van der Waals surface area contributed by atoms with Crippen LogP contribution in [0.3, 0.4) is 0 Å². The van der Waals surface area contributed by atoms with Crippen LogP contribution >= 0.6 is 0 Å². The summed E-state index contributed by atoms with van der Waals surface area (Å²) in [6.45, 7) is 0. The summed E-state index contributed by atoms with van der Waals surface area (Å²) in [5.74, 6) is -1.17. The predicted octanol–water partition coefficient (Wildman–Crippen LogP) is 3.95. The Bertz CT molecular complexity index is 1040. The molecule has 1 heterocycles. The topological polar surface area (TPSA) is 68.2 Å². The minimum Gasteiger partial charge on any atom is -0.503 e. The van der Waals surface area contributed by atoms with Gasteiger partial charge < -0.3 is 15.4 Å². The Morgan fingerprint density at radius 1 is 1.00 bits per heavy atom. The fourth-order valence-electron chi connectivity index (χ4n) is 2.50. The van der Waals surface area contributed by atoms with Crippen LogP contribution in [0, 0.1) is 5.82 Å². The summed E-state index contributed by atoms with van der Waals surface area (Å²) >= 11 is 0. The van der Waals surface area contributed by atoms with Crippen molar-refractivity contribution in [2.75, 3.05) is 5.73 Å². The Balaban J connectivity index is 2.11. The Kier molecular flexibility index (Phi) is 4.19. The first kappa shape index (κ1) is 17.5. The molecular weight excluding hydrogens is 352 g/mol. The Morgan fingerprint density at radius 3 is 2.35 bits per heavy atom. The average Bonchev–Trinajstić information content (AvgIpc) is 2.57. The van der Waals surface area contributed by atoms with Gasteiger partial charge in [0, 0.05) is 34.8 Å². The van der Waals surface area contributed by atoms with Gasteiger partial charge in [-0.05, 0) is 30.3 Å². The maximum atomic E-state index is 14.2. The van der Waals surface area contributed by atoms with Gasteiger partial charge in [0.2, 0.25) is 5.43 Å². The molecule has 0 aliphatic carbocycles. The quantitative estimate of drug-likeness (QED) is 0.534. The lowest BCUT2D eigenvalue weighted by atomic mass is 10.0. The van der Waals surface area contributed by atoms with E-state index >= 15 is 0 Å². The van der Waals surface area contributed by atoms with Gasteiger partial charge in [0.25, 0.3) is 0 Å². The second kappa shape index (κ2) is 6.21. The summed E-state index contributed by atoms with van der Waals surface area (Å²) in [5.41, 5.74) is 4.45. The zero-order chi connectivity index (χ0) is 19.1. The second-order valence-corrected chi connectivity index (χ2v) is 5.57. The van der Waals surface area contributed by atoms with E-state index in [1.807, 2.05) is 0 Å². The molecule has 0 atom stereocenters. The van der Waals surface area contributed by atoms with Crippen LogP contribution in [0.5, 0.6) is 5.75 Å². The molecule has 0 spiro atoms. The maximum Gasteiger partial charge on any atom is 0.416 e. The zero-order valence-electron chi connectivity index (χ0n) is 13.1. The van der Waals surface area contributed by atoms with Crippen LogP contribution in [0.25, 0.3) is 16.8 Å². The fraction of sp³-hybridized carbons (Fsp3) is 0.0556. The SMILES string of the molecule is Nc1cc(C(F)(F)F)ccc1-c1cc(-n2ccc(=O)c(O)c2)ccc1F. The summed E-state index contributed by atoms with van der Waals surface area (Å²) in [7, 11) is 0. The van der Waals surface area contributed by atoms with Crippen LogP contribution < -0.4 is 11.2 Å². The Labute approximate surface area is 144 Å². The van der Waals surface area contributed by atoms with Crippen LogP contribution in [-0.2, 0) is 6.18 Å². The summed E-state index contributed by atoms with van der Waals surface area (Å²) < 4.78 is 53.9. The number of rotatable bonds is 2. The predicted molar refractivity (Wildman–Crippen MR) is 88.5 cm³/mol.